The smallest absolute Gasteiger partial charge is 0.147 e. The molecule has 0 aromatic carbocycles. The highest BCUT2D eigenvalue weighted by atomic mass is 35.5. The molecule has 0 saturated carbocycles. The predicted molar refractivity (Wildman–Crippen MR) is 63.4 cm³/mol. The van der Waals surface area contributed by atoms with E-state index in [0.717, 1.165) is 31.6 Å². The van der Waals surface area contributed by atoms with E-state index >= 15 is 0 Å². The van der Waals surface area contributed by atoms with Crippen LogP contribution in [0.15, 0.2) is 12.1 Å². The van der Waals surface area contributed by atoms with Gasteiger partial charge in [0.1, 0.15) is 11.2 Å². The molecule has 0 unspecified atom stereocenters. The van der Waals surface area contributed by atoms with Gasteiger partial charge in [0.05, 0.1) is 5.56 Å². The van der Waals surface area contributed by atoms with Crippen LogP contribution in [0.3, 0.4) is 0 Å². The fourth-order valence-electron chi connectivity index (χ4n) is 2.06. The molecular formula is C12H14ClN3. The maximum Gasteiger partial charge on any atom is 0.147 e. The number of hydrogen-bond acceptors (Lipinski definition) is 3. The van der Waals surface area contributed by atoms with Gasteiger partial charge in [0.15, 0.2) is 0 Å². The van der Waals surface area contributed by atoms with Crippen molar-refractivity contribution in [3.63, 3.8) is 0 Å². The van der Waals surface area contributed by atoms with E-state index in [4.69, 9.17) is 16.9 Å². The minimum atomic E-state index is 0.332. The van der Waals surface area contributed by atoms with Gasteiger partial charge in [-0.1, -0.05) is 11.6 Å². The first-order chi connectivity index (χ1) is 7.70. The van der Waals surface area contributed by atoms with Crippen LogP contribution in [0.25, 0.3) is 0 Å². The third-order valence-corrected chi connectivity index (χ3v) is 3.42. The minimum absolute atomic E-state index is 0.332. The number of likely N-dealkylation sites (tertiary alicyclic amines) is 1. The molecule has 84 valence electrons. The molecule has 16 heavy (non-hydrogen) atoms. The highest BCUT2D eigenvalue weighted by Gasteiger charge is 2.20. The van der Waals surface area contributed by atoms with Crippen LogP contribution in [0.5, 0.6) is 0 Å². The van der Waals surface area contributed by atoms with Crippen LogP contribution in [0.2, 0.25) is 5.15 Å². The zero-order chi connectivity index (χ0) is 11.5. The van der Waals surface area contributed by atoms with E-state index in [1.54, 1.807) is 6.07 Å². The van der Waals surface area contributed by atoms with Crippen molar-refractivity contribution in [2.24, 2.45) is 0 Å². The van der Waals surface area contributed by atoms with Gasteiger partial charge in [0.25, 0.3) is 0 Å². The molecule has 1 fully saturated rings. The van der Waals surface area contributed by atoms with Gasteiger partial charge in [0, 0.05) is 11.6 Å². The zero-order valence-electron chi connectivity index (χ0n) is 9.28. The standard InChI is InChI=1S/C12H14ClN3/c1-16-6-4-9(5-7-16)11-3-2-10(8-14)12(13)15-11/h2-3,9H,4-7H2,1H3. The number of nitriles is 1. The Morgan fingerprint density at radius 1 is 1.44 bits per heavy atom. The van der Waals surface area contributed by atoms with Gasteiger partial charge in [-0.25, -0.2) is 4.98 Å². The van der Waals surface area contributed by atoms with Crippen molar-refractivity contribution in [1.29, 1.82) is 5.26 Å². The molecule has 1 aliphatic rings. The summed E-state index contributed by atoms with van der Waals surface area (Å²) in [4.78, 5) is 6.64. The Morgan fingerprint density at radius 2 is 2.12 bits per heavy atom. The predicted octanol–water partition coefficient (Wildman–Crippen LogP) is 2.42. The summed E-state index contributed by atoms with van der Waals surface area (Å²) in [7, 11) is 2.13. The molecule has 0 bridgehead atoms. The lowest BCUT2D eigenvalue weighted by Crippen LogP contribution is -2.29. The summed E-state index contributed by atoms with van der Waals surface area (Å²) in [6, 6.07) is 5.73. The maximum absolute atomic E-state index is 8.77. The second-order valence-corrected chi connectivity index (χ2v) is 4.62. The van der Waals surface area contributed by atoms with E-state index in [-0.39, 0.29) is 0 Å². The van der Waals surface area contributed by atoms with E-state index in [1.807, 2.05) is 12.1 Å². The first-order valence-electron chi connectivity index (χ1n) is 5.46. The van der Waals surface area contributed by atoms with Gasteiger partial charge in [0.2, 0.25) is 0 Å². The van der Waals surface area contributed by atoms with Crippen molar-refractivity contribution in [2.45, 2.75) is 18.8 Å². The number of rotatable bonds is 1. The number of aromatic nitrogens is 1. The summed E-state index contributed by atoms with van der Waals surface area (Å²) < 4.78 is 0. The van der Waals surface area contributed by atoms with E-state index in [0.29, 0.717) is 16.6 Å². The summed E-state index contributed by atoms with van der Waals surface area (Å²) in [5.41, 5.74) is 1.48. The summed E-state index contributed by atoms with van der Waals surface area (Å²) in [6.45, 7) is 2.20. The summed E-state index contributed by atoms with van der Waals surface area (Å²) in [5.74, 6) is 0.487. The number of pyridine rings is 1. The normalized spacial score (nSPS) is 18.3. The molecule has 0 amide bonds. The molecular weight excluding hydrogens is 222 g/mol. The summed E-state index contributed by atoms with van der Waals surface area (Å²) in [5, 5.41) is 9.11. The van der Waals surface area contributed by atoms with Crippen LogP contribution < -0.4 is 0 Å². The molecule has 0 spiro atoms. The molecule has 1 aromatic rings. The third kappa shape index (κ3) is 2.34. The maximum atomic E-state index is 8.77. The summed E-state index contributed by atoms with van der Waals surface area (Å²) >= 11 is 5.93. The van der Waals surface area contributed by atoms with Crippen LogP contribution in [-0.2, 0) is 0 Å². The monoisotopic (exact) mass is 235 g/mol. The molecule has 2 rings (SSSR count). The highest BCUT2D eigenvalue weighted by molar-refractivity contribution is 6.30. The Balaban J connectivity index is 2.16. The molecule has 1 saturated heterocycles. The van der Waals surface area contributed by atoms with Crippen molar-refractivity contribution < 1.29 is 0 Å². The van der Waals surface area contributed by atoms with Crippen LogP contribution in [0.4, 0.5) is 0 Å². The Morgan fingerprint density at radius 3 is 2.69 bits per heavy atom. The Bertz CT molecular complexity index is 417. The fourth-order valence-corrected chi connectivity index (χ4v) is 2.27. The van der Waals surface area contributed by atoms with E-state index in [2.05, 4.69) is 16.9 Å². The van der Waals surface area contributed by atoms with Crippen molar-refractivity contribution >= 4 is 11.6 Å². The number of piperidine rings is 1. The number of nitrogens with zero attached hydrogens (tertiary/aromatic N) is 3. The van der Waals surface area contributed by atoms with E-state index < -0.39 is 0 Å². The Labute approximate surface area is 101 Å². The van der Waals surface area contributed by atoms with E-state index in [1.165, 1.54) is 0 Å². The Hall–Kier alpha value is -1.11. The number of hydrogen-bond donors (Lipinski definition) is 0. The van der Waals surface area contributed by atoms with Gasteiger partial charge in [-0.15, -0.1) is 0 Å². The molecule has 0 atom stereocenters. The SMILES string of the molecule is CN1CCC(c2ccc(C#N)c(Cl)n2)CC1. The molecule has 0 radical (unpaired) electrons. The lowest BCUT2D eigenvalue weighted by atomic mass is 9.93. The van der Waals surface area contributed by atoms with Crippen molar-refractivity contribution in [2.75, 3.05) is 20.1 Å². The highest BCUT2D eigenvalue weighted by Crippen LogP contribution is 2.27. The molecule has 0 N–H and O–H groups in total. The average Bonchev–Trinajstić information content (AvgIpc) is 2.30. The fraction of sp³-hybridized carbons (Fsp3) is 0.500. The topological polar surface area (TPSA) is 39.9 Å². The lowest BCUT2D eigenvalue weighted by Gasteiger charge is -2.28. The zero-order valence-corrected chi connectivity index (χ0v) is 10.0. The number of halogens is 1. The van der Waals surface area contributed by atoms with Gasteiger partial charge in [-0.05, 0) is 45.1 Å². The summed E-state index contributed by atoms with van der Waals surface area (Å²) in [6.07, 6.45) is 2.23. The molecule has 0 aliphatic carbocycles. The van der Waals surface area contributed by atoms with Crippen LogP contribution in [-0.4, -0.2) is 30.0 Å². The van der Waals surface area contributed by atoms with Crippen LogP contribution >= 0.6 is 11.6 Å². The van der Waals surface area contributed by atoms with Gasteiger partial charge < -0.3 is 4.90 Å². The Kier molecular flexibility index (Phi) is 3.42. The van der Waals surface area contributed by atoms with Crippen LogP contribution in [0.1, 0.15) is 30.0 Å². The van der Waals surface area contributed by atoms with Crippen LogP contribution in [0, 0.1) is 11.3 Å². The van der Waals surface area contributed by atoms with Crippen molar-refractivity contribution in [3.05, 3.63) is 28.5 Å². The third-order valence-electron chi connectivity index (χ3n) is 3.13. The molecule has 1 aliphatic heterocycles. The minimum Gasteiger partial charge on any atom is -0.306 e. The first kappa shape index (κ1) is 11.4. The van der Waals surface area contributed by atoms with Gasteiger partial charge in [-0.2, -0.15) is 5.26 Å². The first-order valence-corrected chi connectivity index (χ1v) is 5.83. The molecule has 4 heteroatoms. The van der Waals surface area contributed by atoms with Crippen molar-refractivity contribution in [1.82, 2.24) is 9.88 Å². The average molecular weight is 236 g/mol. The quantitative estimate of drug-likeness (QED) is 0.702. The molecule has 3 nitrogen and oxygen atoms in total. The second kappa shape index (κ2) is 4.82. The lowest BCUT2D eigenvalue weighted by molar-refractivity contribution is 0.253. The largest absolute Gasteiger partial charge is 0.306 e. The molecule has 1 aromatic heterocycles. The second-order valence-electron chi connectivity index (χ2n) is 4.26. The van der Waals surface area contributed by atoms with Gasteiger partial charge >= 0.3 is 0 Å². The van der Waals surface area contributed by atoms with Gasteiger partial charge in [-0.3, -0.25) is 0 Å². The van der Waals surface area contributed by atoms with Crippen molar-refractivity contribution in [3.8, 4) is 6.07 Å². The molecule has 2 heterocycles. The van der Waals surface area contributed by atoms with E-state index in [9.17, 15) is 0 Å².